The fraction of sp³-hybridized carbons (Fsp3) is 0.200. The van der Waals surface area contributed by atoms with E-state index in [1.54, 1.807) is 23.4 Å². The molecule has 0 aromatic carbocycles. The van der Waals surface area contributed by atoms with E-state index in [2.05, 4.69) is 0 Å². The molecule has 2 aromatic rings. The first-order valence-electron chi connectivity index (χ1n) is 6.26. The van der Waals surface area contributed by atoms with Crippen molar-refractivity contribution in [3.8, 4) is 0 Å². The summed E-state index contributed by atoms with van der Waals surface area (Å²) in [4.78, 5) is 25.0. The number of nitrogens with zero attached hydrogens (tertiary/aromatic N) is 1. The summed E-state index contributed by atoms with van der Waals surface area (Å²) in [5, 5.41) is 10.3. The molecule has 0 atom stereocenters. The van der Waals surface area contributed by atoms with Gasteiger partial charge in [-0.25, -0.2) is 4.79 Å². The van der Waals surface area contributed by atoms with E-state index in [9.17, 15) is 9.59 Å². The van der Waals surface area contributed by atoms with E-state index in [0.717, 1.165) is 22.5 Å². The van der Waals surface area contributed by atoms with Crippen molar-refractivity contribution >= 4 is 29.3 Å². The minimum Gasteiger partial charge on any atom is -0.478 e. The first-order chi connectivity index (χ1) is 9.95. The first-order valence-corrected chi connectivity index (χ1v) is 7.14. The summed E-state index contributed by atoms with van der Waals surface area (Å²) in [5.41, 5.74) is 0.538. The van der Waals surface area contributed by atoms with Crippen molar-refractivity contribution in [3.05, 3.63) is 51.6 Å². The molecule has 0 fully saturated rings. The van der Waals surface area contributed by atoms with Crippen LogP contribution in [0.4, 0.5) is 0 Å². The Hall–Kier alpha value is -2.34. The van der Waals surface area contributed by atoms with Gasteiger partial charge in [-0.15, -0.1) is 11.3 Å². The maximum atomic E-state index is 12.3. The van der Waals surface area contributed by atoms with Gasteiger partial charge >= 0.3 is 5.97 Å². The summed E-state index contributed by atoms with van der Waals surface area (Å²) in [6.45, 7) is 2.24. The standard InChI is InChI=1S/C15H15NO4S/c1-10-3-4-12(20-10)8-16(2)15(19)11-7-13(21-9-11)5-6-14(17)18/h3-7,9H,8H2,1-2H3,(H,17,18). The van der Waals surface area contributed by atoms with Crippen molar-refractivity contribution < 1.29 is 19.1 Å². The van der Waals surface area contributed by atoms with Gasteiger partial charge in [0.1, 0.15) is 11.5 Å². The van der Waals surface area contributed by atoms with Gasteiger partial charge in [-0.1, -0.05) is 0 Å². The van der Waals surface area contributed by atoms with Crippen LogP contribution < -0.4 is 0 Å². The third kappa shape index (κ3) is 4.06. The van der Waals surface area contributed by atoms with Crippen LogP contribution >= 0.6 is 11.3 Å². The minimum absolute atomic E-state index is 0.129. The first kappa shape index (κ1) is 15.1. The van der Waals surface area contributed by atoms with Crippen LogP contribution in [0, 0.1) is 6.92 Å². The summed E-state index contributed by atoms with van der Waals surface area (Å²) in [6, 6.07) is 5.37. The molecule has 6 heteroatoms. The molecule has 0 radical (unpaired) electrons. The molecular formula is C15H15NO4S. The molecule has 0 aliphatic rings. The van der Waals surface area contributed by atoms with Crippen molar-refractivity contribution in [2.24, 2.45) is 0 Å². The van der Waals surface area contributed by atoms with Crippen molar-refractivity contribution in [3.63, 3.8) is 0 Å². The third-order valence-corrected chi connectivity index (χ3v) is 3.69. The van der Waals surface area contributed by atoms with E-state index in [1.165, 1.54) is 17.4 Å². The third-order valence-electron chi connectivity index (χ3n) is 2.79. The van der Waals surface area contributed by atoms with Gasteiger partial charge in [-0.05, 0) is 31.2 Å². The van der Waals surface area contributed by atoms with Crippen LogP contribution in [0.15, 0.2) is 34.1 Å². The van der Waals surface area contributed by atoms with Crippen LogP contribution in [-0.4, -0.2) is 28.9 Å². The molecule has 1 N–H and O–H groups in total. The number of carboxylic acids is 1. The molecule has 110 valence electrons. The fourth-order valence-electron chi connectivity index (χ4n) is 1.80. The zero-order chi connectivity index (χ0) is 15.4. The lowest BCUT2D eigenvalue weighted by atomic mass is 10.2. The summed E-state index contributed by atoms with van der Waals surface area (Å²) in [5.74, 6) is 0.393. The van der Waals surface area contributed by atoms with Crippen LogP contribution in [0.3, 0.4) is 0 Å². The molecule has 0 bridgehead atoms. The number of furan rings is 1. The zero-order valence-electron chi connectivity index (χ0n) is 11.7. The molecule has 0 spiro atoms. The lowest BCUT2D eigenvalue weighted by Gasteiger charge is -2.14. The van der Waals surface area contributed by atoms with Gasteiger partial charge in [-0.2, -0.15) is 0 Å². The summed E-state index contributed by atoms with van der Waals surface area (Å²) in [7, 11) is 1.70. The molecule has 1 amide bonds. The highest BCUT2D eigenvalue weighted by molar-refractivity contribution is 7.11. The van der Waals surface area contributed by atoms with Crippen molar-refractivity contribution in [1.82, 2.24) is 4.90 Å². The van der Waals surface area contributed by atoms with E-state index < -0.39 is 5.97 Å². The number of carboxylic acid groups (broad SMARTS) is 1. The second kappa shape index (κ2) is 6.41. The highest BCUT2D eigenvalue weighted by atomic mass is 32.1. The Kier molecular flexibility index (Phi) is 4.59. The Morgan fingerprint density at radius 1 is 1.43 bits per heavy atom. The zero-order valence-corrected chi connectivity index (χ0v) is 12.5. The molecule has 0 unspecified atom stereocenters. The van der Waals surface area contributed by atoms with Crippen molar-refractivity contribution in [2.75, 3.05) is 7.05 Å². The Bertz CT molecular complexity index is 683. The average Bonchev–Trinajstić information content (AvgIpc) is 3.04. The summed E-state index contributed by atoms with van der Waals surface area (Å²) in [6.07, 6.45) is 2.52. The number of thiophene rings is 1. The number of aryl methyl sites for hydroxylation is 1. The molecule has 0 saturated heterocycles. The molecule has 0 aliphatic heterocycles. The molecule has 0 aliphatic carbocycles. The SMILES string of the molecule is Cc1ccc(CN(C)C(=O)c2csc(C=CC(=O)O)c2)o1. The molecule has 2 heterocycles. The molecule has 2 aromatic heterocycles. The van der Waals surface area contributed by atoms with Gasteiger partial charge in [0, 0.05) is 23.4 Å². The van der Waals surface area contributed by atoms with Crippen LogP contribution in [-0.2, 0) is 11.3 Å². The van der Waals surface area contributed by atoms with Gasteiger partial charge in [0.15, 0.2) is 0 Å². The molecule has 21 heavy (non-hydrogen) atoms. The van der Waals surface area contributed by atoms with Crippen molar-refractivity contribution in [2.45, 2.75) is 13.5 Å². The number of carbonyl (C=O) groups excluding carboxylic acids is 1. The predicted molar refractivity (Wildman–Crippen MR) is 80.2 cm³/mol. The monoisotopic (exact) mass is 305 g/mol. The van der Waals surface area contributed by atoms with Gasteiger partial charge in [0.05, 0.1) is 12.1 Å². The van der Waals surface area contributed by atoms with Crippen LogP contribution in [0.2, 0.25) is 0 Å². The Labute approximate surface area is 126 Å². The number of aliphatic carboxylic acids is 1. The quantitative estimate of drug-likeness (QED) is 0.862. The Morgan fingerprint density at radius 2 is 2.19 bits per heavy atom. The number of hydrogen-bond acceptors (Lipinski definition) is 4. The maximum absolute atomic E-state index is 12.3. The smallest absolute Gasteiger partial charge is 0.328 e. The fourth-order valence-corrected chi connectivity index (χ4v) is 2.58. The topological polar surface area (TPSA) is 70.8 Å². The normalized spacial score (nSPS) is 11.0. The molecular weight excluding hydrogens is 290 g/mol. The number of carbonyl (C=O) groups is 2. The summed E-state index contributed by atoms with van der Waals surface area (Å²) < 4.78 is 5.44. The van der Waals surface area contributed by atoms with Gasteiger partial charge in [-0.3, -0.25) is 4.79 Å². The largest absolute Gasteiger partial charge is 0.478 e. The molecule has 0 saturated carbocycles. The Balaban J connectivity index is 2.03. The number of rotatable bonds is 5. The maximum Gasteiger partial charge on any atom is 0.328 e. The Morgan fingerprint density at radius 3 is 2.81 bits per heavy atom. The van der Waals surface area contributed by atoms with Crippen molar-refractivity contribution in [1.29, 1.82) is 0 Å². The minimum atomic E-state index is -1.01. The second-order valence-corrected chi connectivity index (χ2v) is 5.53. The van der Waals surface area contributed by atoms with Crippen LogP contribution in [0.1, 0.15) is 26.8 Å². The second-order valence-electron chi connectivity index (χ2n) is 4.58. The van der Waals surface area contributed by atoms with Crippen LogP contribution in [0.25, 0.3) is 6.08 Å². The number of hydrogen-bond donors (Lipinski definition) is 1. The van der Waals surface area contributed by atoms with E-state index in [0.29, 0.717) is 12.1 Å². The summed E-state index contributed by atoms with van der Waals surface area (Å²) >= 11 is 1.33. The highest BCUT2D eigenvalue weighted by Gasteiger charge is 2.15. The van der Waals surface area contributed by atoms with Crippen LogP contribution in [0.5, 0.6) is 0 Å². The lowest BCUT2D eigenvalue weighted by molar-refractivity contribution is -0.131. The number of amides is 1. The molecule has 2 rings (SSSR count). The van der Waals surface area contributed by atoms with E-state index in [4.69, 9.17) is 9.52 Å². The highest BCUT2D eigenvalue weighted by Crippen LogP contribution is 2.18. The van der Waals surface area contributed by atoms with Gasteiger partial charge in [0.25, 0.3) is 5.91 Å². The molecule has 5 nitrogen and oxygen atoms in total. The average molecular weight is 305 g/mol. The van der Waals surface area contributed by atoms with Gasteiger partial charge in [0.2, 0.25) is 0 Å². The predicted octanol–water partition coefficient (Wildman–Crippen LogP) is 3.02. The van der Waals surface area contributed by atoms with E-state index in [1.807, 2.05) is 19.1 Å². The van der Waals surface area contributed by atoms with Gasteiger partial charge < -0.3 is 14.4 Å². The van der Waals surface area contributed by atoms with E-state index >= 15 is 0 Å². The van der Waals surface area contributed by atoms with E-state index in [-0.39, 0.29) is 5.91 Å². The lowest BCUT2D eigenvalue weighted by Crippen LogP contribution is -2.25.